The molecule has 0 spiro atoms. The molecular formula is C20H24ClN3O2. The van der Waals surface area contributed by atoms with E-state index in [1.54, 1.807) is 31.2 Å². The van der Waals surface area contributed by atoms with E-state index in [0.29, 0.717) is 12.1 Å². The summed E-state index contributed by atoms with van der Waals surface area (Å²) < 4.78 is 0. The van der Waals surface area contributed by atoms with Crippen LogP contribution in [0.5, 0.6) is 0 Å². The van der Waals surface area contributed by atoms with Crippen molar-refractivity contribution in [3.63, 3.8) is 0 Å². The number of carbonyl (C=O) groups is 2. The smallest absolute Gasteiger partial charge is 0.251 e. The maximum atomic E-state index is 12.3. The lowest BCUT2D eigenvalue weighted by atomic mass is 9.94. The molecule has 0 aliphatic carbocycles. The molecule has 5 nitrogen and oxygen atoms in total. The molecule has 2 aromatic carbocycles. The number of hydrogen-bond donors (Lipinski definition) is 3. The van der Waals surface area contributed by atoms with Gasteiger partial charge >= 0.3 is 0 Å². The van der Waals surface area contributed by atoms with Gasteiger partial charge in [0.25, 0.3) is 5.91 Å². The first-order valence-corrected chi connectivity index (χ1v) is 8.60. The molecule has 138 valence electrons. The quantitative estimate of drug-likeness (QED) is 0.752. The minimum atomic E-state index is -0.591. The molecule has 2 atom stereocenters. The lowest BCUT2D eigenvalue weighted by molar-refractivity contribution is -0.122. The van der Waals surface area contributed by atoms with Crippen LogP contribution in [0.1, 0.15) is 34.5 Å². The predicted molar refractivity (Wildman–Crippen MR) is 105 cm³/mol. The van der Waals surface area contributed by atoms with Crippen molar-refractivity contribution in [1.82, 2.24) is 16.0 Å². The van der Waals surface area contributed by atoms with Crippen molar-refractivity contribution in [2.45, 2.75) is 25.4 Å². The monoisotopic (exact) mass is 373 g/mol. The van der Waals surface area contributed by atoms with Gasteiger partial charge in [-0.2, -0.15) is 0 Å². The number of fused-ring (bicyclic) bond motifs is 1. The molecule has 0 bridgehead atoms. The van der Waals surface area contributed by atoms with Crippen LogP contribution in [0.2, 0.25) is 0 Å². The summed E-state index contributed by atoms with van der Waals surface area (Å²) in [5.41, 5.74) is 3.10. The standard InChI is InChI=1S/C20H23N3O2.ClH/c1-14(23-20(25)16-8-3-2-4-9-16)19(24)22-13-18-17-10-6-5-7-15(17)11-12-21-18;/h2-10,14,18,21H,11-13H2,1H3,(H,22,24)(H,23,25);1H. The van der Waals surface area contributed by atoms with E-state index in [1.807, 2.05) is 18.2 Å². The van der Waals surface area contributed by atoms with Gasteiger partial charge in [-0.05, 0) is 43.1 Å². The Labute approximate surface area is 160 Å². The second-order valence-corrected chi connectivity index (χ2v) is 6.26. The number of nitrogens with one attached hydrogen (secondary N) is 3. The molecule has 1 heterocycles. The molecular weight excluding hydrogens is 350 g/mol. The molecule has 2 amide bonds. The zero-order chi connectivity index (χ0) is 17.6. The third kappa shape index (κ3) is 4.84. The van der Waals surface area contributed by atoms with E-state index in [0.717, 1.165) is 13.0 Å². The van der Waals surface area contributed by atoms with Gasteiger partial charge in [0.1, 0.15) is 6.04 Å². The highest BCUT2D eigenvalue weighted by molar-refractivity contribution is 5.97. The van der Waals surface area contributed by atoms with Crippen LogP contribution >= 0.6 is 12.4 Å². The van der Waals surface area contributed by atoms with Crippen LogP contribution < -0.4 is 16.0 Å². The van der Waals surface area contributed by atoms with E-state index >= 15 is 0 Å². The van der Waals surface area contributed by atoms with E-state index in [4.69, 9.17) is 0 Å². The molecule has 3 N–H and O–H groups in total. The van der Waals surface area contributed by atoms with Gasteiger partial charge in [-0.25, -0.2) is 0 Å². The molecule has 1 aliphatic heterocycles. The number of carbonyl (C=O) groups excluding carboxylic acids is 2. The van der Waals surface area contributed by atoms with Crippen LogP contribution in [0.25, 0.3) is 0 Å². The fourth-order valence-corrected chi connectivity index (χ4v) is 3.07. The van der Waals surface area contributed by atoms with Crippen molar-refractivity contribution >= 4 is 24.2 Å². The predicted octanol–water partition coefficient (Wildman–Crippen LogP) is 2.23. The van der Waals surface area contributed by atoms with Crippen LogP contribution in [-0.2, 0) is 11.2 Å². The highest BCUT2D eigenvalue weighted by Gasteiger charge is 2.21. The Morgan fingerprint density at radius 2 is 1.81 bits per heavy atom. The van der Waals surface area contributed by atoms with Crippen molar-refractivity contribution < 1.29 is 9.59 Å². The van der Waals surface area contributed by atoms with E-state index < -0.39 is 6.04 Å². The third-order valence-corrected chi connectivity index (χ3v) is 4.47. The number of hydrogen-bond acceptors (Lipinski definition) is 3. The molecule has 0 saturated carbocycles. The maximum Gasteiger partial charge on any atom is 0.251 e. The van der Waals surface area contributed by atoms with Gasteiger partial charge < -0.3 is 16.0 Å². The molecule has 6 heteroatoms. The van der Waals surface area contributed by atoms with Crippen LogP contribution in [-0.4, -0.2) is 30.9 Å². The zero-order valence-corrected chi connectivity index (χ0v) is 15.5. The minimum absolute atomic E-state index is 0. The lowest BCUT2D eigenvalue weighted by Gasteiger charge is -2.27. The number of rotatable bonds is 5. The summed E-state index contributed by atoms with van der Waals surface area (Å²) in [5.74, 6) is -0.432. The molecule has 2 unspecified atom stereocenters. The van der Waals surface area contributed by atoms with E-state index in [9.17, 15) is 9.59 Å². The molecule has 3 rings (SSSR count). The molecule has 0 fully saturated rings. The summed E-state index contributed by atoms with van der Waals surface area (Å²) in [6.45, 7) is 3.09. The molecule has 1 aliphatic rings. The van der Waals surface area contributed by atoms with Crippen LogP contribution in [0.4, 0.5) is 0 Å². The minimum Gasteiger partial charge on any atom is -0.352 e. The first-order valence-electron chi connectivity index (χ1n) is 8.60. The Balaban J connectivity index is 0.00000243. The summed E-state index contributed by atoms with van der Waals surface area (Å²) >= 11 is 0. The topological polar surface area (TPSA) is 70.2 Å². The van der Waals surface area contributed by atoms with Crippen molar-refractivity contribution in [2.75, 3.05) is 13.1 Å². The van der Waals surface area contributed by atoms with Crippen molar-refractivity contribution in [1.29, 1.82) is 0 Å². The first kappa shape index (κ1) is 19.9. The average Bonchev–Trinajstić information content (AvgIpc) is 2.66. The van der Waals surface area contributed by atoms with Gasteiger partial charge in [0.05, 0.1) is 0 Å². The SMILES string of the molecule is CC(NC(=O)c1ccccc1)C(=O)NCC1NCCc2ccccc21.Cl. The summed E-state index contributed by atoms with van der Waals surface area (Å²) in [7, 11) is 0. The Kier molecular flexibility index (Phi) is 7.18. The highest BCUT2D eigenvalue weighted by atomic mass is 35.5. The van der Waals surface area contributed by atoms with Crippen LogP contribution in [0, 0.1) is 0 Å². The molecule has 26 heavy (non-hydrogen) atoms. The maximum absolute atomic E-state index is 12.3. The van der Waals surface area contributed by atoms with Crippen LogP contribution in [0.3, 0.4) is 0 Å². The zero-order valence-electron chi connectivity index (χ0n) is 14.7. The van der Waals surface area contributed by atoms with E-state index in [1.165, 1.54) is 11.1 Å². The van der Waals surface area contributed by atoms with Gasteiger partial charge in [-0.3, -0.25) is 9.59 Å². The molecule has 0 aromatic heterocycles. The first-order chi connectivity index (χ1) is 12.1. The third-order valence-electron chi connectivity index (χ3n) is 4.47. The number of benzene rings is 2. The Bertz CT molecular complexity index is 752. The van der Waals surface area contributed by atoms with Gasteiger partial charge in [0.15, 0.2) is 0 Å². The van der Waals surface area contributed by atoms with Gasteiger partial charge in [-0.15, -0.1) is 12.4 Å². The summed E-state index contributed by atoms with van der Waals surface area (Å²) in [4.78, 5) is 24.4. The summed E-state index contributed by atoms with van der Waals surface area (Å²) in [6, 6.07) is 16.7. The average molecular weight is 374 g/mol. The highest BCUT2D eigenvalue weighted by Crippen LogP contribution is 2.21. The van der Waals surface area contributed by atoms with Gasteiger partial charge in [-0.1, -0.05) is 42.5 Å². The molecule has 2 aromatic rings. The fourth-order valence-electron chi connectivity index (χ4n) is 3.07. The lowest BCUT2D eigenvalue weighted by Crippen LogP contribution is -2.47. The summed E-state index contributed by atoms with van der Waals surface area (Å²) in [6.07, 6.45) is 1.00. The second-order valence-electron chi connectivity index (χ2n) is 6.26. The normalized spacial score (nSPS) is 16.6. The van der Waals surface area contributed by atoms with Crippen molar-refractivity contribution in [2.24, 2.45) is 0 Å². The number of amides is 2. The van der Waals surface area contributed by atoms with Crippen molar-refractivity contribution in [3.05, 3.63) is 71.3 Å². The Morgan fingerprint density at radius 3 is 2.58 bits per heavy atom. The second kappa shape index (κ2) is 9.36. The Morgan fingerprint density at radius 1 is 1.12 bits per heavy atom. The van der Waals surface area contributed by atoms with Crippen LogP contribution in [0.15, 0.2) is 54.6 Å². The van der Waals surface area contributed by atoms with E-state index in [2.05, 4.69) is 28.1 Å². The largest absolute Gasteiger partial charge is 0.352 e. The van der Waals surface area contributed by atoms with Crippen molar-refractivity contribution in [3.8, 4) is 0 Å². The Hall–Kier alpha value is -2.37. The summed E-state index contributed by atoms with van der Waals surface area (Å²) in [5, 5.41) is 9.10. The number of halogens is 1. The van der Waals surface area contributed by atoms with E-state index in [-0.39, 0.29) is 30.3 Å². The molecule has 0 radical (unpaired) electrons. The fraction of sp³-hybridized carbons (Fsp3) is 0.300. The van der Waals surface area contributed by atoms with Gasteiger partial charge in [0, 0.05) is 18.2 Å². The molecule has 0 saturated heterocycles. The van der Waals surface area contributed by atoms with Gasteiger partial charge in [0.2, 0.25) is 5.91 Å².